The number of ketones is 1. The summed E-state index contributed by atoms with van der Waals surface area (Å²) in [5, 5.41) is 5.22. The van der Waals surface area contributed by atoms with Gasteiger partial charge in [-0.2, -0.15) is 0 Å². The Balaban J connectivity index is 1.85. The number of allylic oxidation sites excluding steroid dienone is 3. The van der Waals surface area contributed by atoms with Gasteiger partial charge in [-0.15, -0.1) is 11.3 Å². The minimum Gasteiger partial charge on any atom is -0.497 e. The average molecular weight is 496 g/mol. The summed E-state index contributed by atoms with van der Waals surface area (Å²) in [5.74, 6) is -2.71. The summed E-state index contributed by atoms with van der Waals surface area (Å²) in [6.45, 7) is 5.68. The smallest absolute Gasteiger partial charge is 0.336 e. The van der Waals surface area contributed by atoms with E-state index in [-0.39, 0.29) is 19.0 Å². The normalized spacial score (nSPS) is 21.8. The third kappa shape index (κ3) is 4.62. The van der Waals surface area contributed by atoms with Crippen molar-refractivity contribution in [3.8, 4) is 5.75 Å². The molecule has 0 amide bonds. The van der Waals surface area contributed by atoms with E-state index in [1.807, 2.05) is 48.7 Å². The molecule has 184 valence electrons. The summed E-state index contributed by atoms with van der Waals surface area (Å²) < 4.78 is 16.0. The van der Waals surface area contributed by atoms with Crippen molar-refractivity contribution in [3.63, 3.8) is 0 Å². The molecule has 2 aromatic rings. The molecule has 0 saturated heterocycles. The molecule has 8 heteroatoms. The summed E-state index contributed by atoms with van der Waals surface area (Å²) >= 11 is 1.46. The van der Waals surface area contributed by atoms with E-state index in [4.69, 9.17) is 14.2 Å². The molecule has 0 bridgehead atoms. The van der Waals surface area contributed by atoms with Gasteiger partial charge in [-0.1, -0.05) is 18.2 Å². The number of thiophene rings is 1. The Bertz CT molecular complexity index is 1180. The van der Waals surface area contributed by atoms with E-state index in [2.05, 4.69) is 5.32 Å². The molecular formula is C27H29NO6S. The molecule has 2 aliphatic rings. The quantitative estimate of drug-likeness (QED) is 0.448. The number of hydrogen-bond donors (Lipinski definition) is 1. The van der Waals surface area contributed by atoms with Crippen LogP contribution in [0, 0.1) is 5.92 Å². The topological polar surface area (TPSA) is 90.9 Å². The van der Waals surface area contributed by atoms with E-state index in [1.165, 1.54) is 11.3 Å². The zero-order chi connectivity index (χ0) is 25.1. The summed E-state index contributed by atoms with van der Waals surface area (Å²) in [5.41, 5.74) is 3.05. The highest BCUT2D eigenvalue weighted by Crippen LogP contribution is 2.49. The third-order valence-electron chi connectivity index (χ3n) is 6.43. The van der Waals surface area contributed by atoms with E-state index in [1.54, 1.807) is 21.0 Å². The Morgan fingerprint density at radius 3 is 2.40 bits per heavy atom. The zero-order valence-corrected chi connectivity index (χ0v) is 21.1. The van der Waals surface area contributed by atoms with Gasteiger partial charge in [-0.3, -0.25) is 9.59 Å². The van der Waals surface area contributed by atoms with Gasteiger partial charge in [0.05, 0.1) is 31.8 Å². The molecule has 0 fully saturated rings. The molecule has 7 nitrogen and oxygen atoms in total. The molecule has 0 unspecified atom stereocenters. The fourth-order valence-corrected chi connectivity index (χ4v) is 5.76. The van der Waals surface area contributed by atoms with Crippen LogP contribution in [0.15, 0.2) is 64.3 Å². The summed E-state index contributed by atoms with van der Waals surface area (Å²) in [7, 11) is 1.59. The van der Waals surface area contributed by atoms with Crippen molar-refractivity contribution >= 4 is 29.1 Å². The molecule has 0 radical (unpaired) electrons. The number of rotatable bonds is 7. The Morgan fingerprint density at radius 2 is 1.80 bits per heavy atom. The standard InChI is InChI=1S/C27H29NO6S/c1-5-33-26(30)21-15(3)28-19-14-18(16-9-11-17(32-4)12-10-16)22(27(31)34-6-2)25(29)23(19)24(21)20-8-7-13-35-20/h7-13,18,22,24,28H,5-6,14H2,1-4H3/t18-,22-,24+/m1/s1. The maximum atomic E-state index is 14.1. The van der Waals surface area contributed by atoms with Gasteiger partial charge in [-0.25, -0.2) is 4.79 Å². The molecule has 2 heterocycles. The second-order valence-electron chi connectivity index (χ2n) is 8.40. The van der Waals surface area contributed by atoms with Crippen LogP contribution in [-0.2, 0) is 23.9 Å². The molecule has 1 aromatic carbocycles. The highest BCUT2D eigenvalue weighted by Gasteiger charge is 2.49. The van der Waals surface area contributed by atoms with Crippen LogP contribution in [0.1, 0.15) is 49.5 Å². The summed E-state index contributed by atoms with van der Waals surface area (Å²) in [6.07, 6.45) is 0.423. The number of methoxy groups -OCH3 is 1. The van der Waals surface area contributed by atoms with E-state index < -0.39 is 29.7 Å². The Hall–Kier alpha value is -3.39. The van der Waals surface area contributed by atoms with E-state index in [0.29, 0.717) is 29.0 Å². The lowest BCUT2D eigenvalue weighted by atomic mass is 9.68. The van der Waals surface area contributed by atoms with Gasteiger partial charge < -0.3 is 19.5 Å². The van der Waals surface area contributed by atoms with Gasteiger partial charge in [0.15, 0.2) is 5.78 Å². The van der Waals surface area contributed by atoms with Crippen LogP contribution in [0.4, 0.5) is 0 Å². The number of hydrogen-bond acceptors (Lipinski definition) is 8. The molecule has 0 saturated carbocycles. The third-order valence-corrected chi connectivity index (χ3v) is 7.36. The number of carbonyl (C=O) groups is 3. The number of esters is 2. The van der Waals surface area contributed by atoms with Gasteiger partial charge in [0, 0.05) is 27.8 Å². The van der Waals surface area contributed by atoms with Crippen molar-refractivity contribution < 1.29 is 28.6 Å². The van der Waals surface area contributed by atoms with Crippen LogP contribution in [-0.4, -0.2) is 38.0 Å². The highest BCUT2D eigenvalue weighted by atomic mass is 32.1. The first-order valence-corrected chi connectivity index (χ1v) is 12.5. The average Bonchev–Trinajstić information content (AvgIpc) is 3.38. The molecule has 0 spiro atoms. The highest BCUT2D eigenvalue weighted by molar-refractivity contribution is 7.10. The van der Waals surface area contributed by atoms with E-state index in [9.17, 15) is 14.4 Å². The second kappa shape index (κ2) is 10.5. The molecule has 4 rings (SSSR count). The number of ether oxygens (including phenoxy) is 3. The van der Waals surface area contributed by atoms with Gasteiger partial charge in [0.25, 0.3) is 0 Å². The summed E-state index contributed by atoms with van der Waals surface area (Å²) in [6, 6.07) is 11.2. The first-order valence-electron chi connectivity index (χ1n) is 11.7. The number of dihydropyridines is 1. The maximum Gasteiger partial charge on any atom is 0.336 e. The van der Waals surface area contributed by atoms with Crippen molar-refractivity contribution in [1.29, 1.82) is 0 Å². The molecule has 1 aromatic heterocycles. The molecule has 1 aliphatic heterocycles. The van der Waals surface area contributed by atoms with E-state index in [0.717, 1.165) is 16.1 Å². The van der Waals surface area contributed by atoms with Gasteiger partial charge in [0.2, 0.25) is 0 Å². The lowest BCUT2D eigenvalue weighted by Gasteiger charge is -2.39. The predicted octanol–water partition coefficient (Wildman–Crippen LogP) is 4.47. The van der Waals surface area contributed by atoms with Gasteiger partial charge >= 0.3 is 11.9 Å². The zero-order valence-electron chi connectivity index (χ0n) is 20.3. The first kappa shape index (κ1) is 24.7. The molecule has 3 atom stereocenters. The molecule has 1 N–H and O–H groups in total. The molecular weight excluding hydrogens is 466 g/mol. The van der Waals surface area contributed by atoms with Gasteiger partial charge in [0.1, 0.15) is 11.7 Å². The number of benzene rings is 1. The fourth-order valence-electron chi connectivity index (χ4n) is 4.92. The lowest BCUT2D eigenvalue weighted by Crippen LogP contribution is -2.43. The van der Waals surface area contributed by atoms with Crippen molar-refractivity contribution in [1.82, 2.24) is 5.32 Å². The van der Waals surface area contributed by atoms with Crippen LogP contribution < -0.4 is 10.1 Å². The maximum absolute atomic E-state index is 14.1. The fraction of sp³-hybridized carbons (Fsp3) is 0.370. The first-order chi connectivity index (χ1) is 16.9. The Kier molecular flexibility index (Phi) is 7.40. The molecule has 1 aliphatic carbocycles. The monoisotopic (exact) mass is 495 g/mol. The number of Topliss-reactive ketones (excluding diaryl/α,β-unsaturated/α-hetero) is 1. The number of carbonyl (C=O) groups excluding carboxylic acids is 3. The Labute approximate surface area is 208 Å². The van der Waals surface area contributed by atoms with Crippen molar-refractivity contribution in [2.75, 3.05) is 20.3 Å². The van der Waals surface area contributed by atoms with Crippen molar-refractivity contribution in [3.05, 3.63) is 74.8 Å². The van der Waals surface area contributed by atoms with Crippen LogP contribution in [0.25, 0.3) is 0 Å². The minimum atomic E-state index is -1.02. The summed E-state index contributed by atoms with van der Waals surface area (Å²) in [4.78, 5) is 41.1. The van der Waals surface area contributed by atoms with Crippen LogP contribution >= 0.6 is 11.3 Å². The van der Waals surface area contributed by atoms with Crippen LogP contribution in [0.2, 0.25) is 0 Å². The largest absolute Gasteiger partial charge is 0.497 e. The van der Waals surface area contributed by atoms with Gasteiger partial charge in [-0.05, 0) is 56.3 Å². The van der Waals surface area contributed by atoms with Crippen molar-refractivity contribution in [2.45, 2.75) is 39.0 Å². The van der Waals surface area contributed by atoms with Crippen molar-refractivity contribution in [2.24, 2.45) is 5.92 Å². The number of nitrogens with one attached hydrogen (secondary N) is 1. The molecule has 35 heavy (non-hydrogen) atoms. The lowest BCUT2D eigenvalue weighted by molar-refractivity contribution is -0.152. The second-order valence-corrected chi connectivity index (χ2v) is 9.38. The van der Waals surface area contributed by atoms with E-state index >= 15 is 0 Å². The predicted molar refractivity (Wildman–Crippen MR) is 132 cm³/mol. The SMILES string of the molecule is CCOC(=O)C1=C(C)NC2=C(C(=O)[C@H](C(=O)OCC)[C@@H](c3ccc(OC)cc3)C2)[C@H]1c1cccs1. The van der Waals surface area contributed by atoms with Crippen LogP contribution in [0.5, 0.6) is 5.75 Å². The minimum absolute atomic E-state index is 0.170. The van der Waals surface area contributed by atoms with Crippen LogP contribution in [0.3, 0.4) is 0 Å². The Morgan fingerprint density at radius 1 is 1.09 bits per heavy atom.